The average Bonchev–Trinajstić information content (AvgIpc) is 0.918. The van der Waals surface area contributed by atoms with Gasteiger partial charge in [-0.25, -0.2) is 0 Å². The predicted molar refractivity (Wildman–Crippen MR) is 17.3 cm³/mol. The van der Waals surface area contributed by atoms with Crippen LogP contribution in [0.4, 0.5) is 0 Å². The summed E-state index contributed by atoms with van der Waals surface area (Å²) in [6.07, 6.45) is 0. The maximum atomic E-state index is 2.81. The molecule has 0 saturated carbocycles. The zero-order valence-electron chi connectivity index (χ0n) is 3.22. The van der Waals surface area contributed by atoms with Crippen molar-refractivity contribution in [2.24, 2.45) is 0 Å². The Hall–Kier alpha value is 5.66. The summed E-state index contributed by atoms with van der Waals surface area (Å²) >= 11 is 6.25. The van der Waals surface area contributed by atoms with Crippen LogP contribution in [0.25, 0.3) is 0 Å². The number of rotatable bonds is 0. The van der Waals surface area contributed by atoms with Crippen LogP contribution in [-0.2, 0) is 0 Å². The third-order valence-electron chi connectivity index (χ3n) is 0. The minimum absolute atomic E-state index is 0. The third-order valence-corrected chi connectivity index (χ3v) is 0. The summed E-state index contributed by atoms with van der Waals surface area (Å²) in [5.74, 6) is 0. The molecule has 20 valence electrons. The second kappa shape index (κ2) is 16.3. The van der Waals surface area contributed by atoms with Gasteiger partial charge in [0.2, 0.25) is 0 Å². The van der Waals surface area contributed by atoms with E-state index in [1.165, 1.54) is 0 Å². The van der Waals surface area contributed by atoms with Gasteiger partial charge in [0.1, 0.15) is 0 Å². The van der Waals surface area contributed by atoms with Crippen molar-refractivity contribution in [2.45, 2.75) is 0 Å². The molecule has 0 N–H and O–H groups in total. The second-order valence-electron chi connectivity index (χ2n) is 0.0680. The summed E-state index contributed by atoms with van der Waals surface area (Å²) < 4.78 is 0. The molecule has 0 heterocycles. The quantitative estimate of drug-likeness (QED) is 0.289. The summed E-state index contributed by atoms with van der Waals surface area (Å²) in [6.45, 7) is 0. The first-order chi connectivity index (χ1) is 1.41. The van der Waals surface area contributed by atoms with Crippen molar-refractivity contribution in [3.05, 3.63) is 0 Å². The molecule has 0 atom stereocenters. The van der Waals surface area contributed by atoms with Crippen molar-refractivity contribution >= 4 is 39.7 Å². The molecule has 0 bridgehead atoms. The van der Waals surface area contributed by atoms with Gasteiger partial charge >= 0.3 is 177 Å². The van der Waals surface area contributed by atoms with E-state index in [0.717, 1.165) is 0 Å². The van der Waals surface area contributed by atoms with E-state index in [4.69, 9.17) is 0 Å². The van der Waals surface area contributed by atoms with Crippen LogP contribution in [0, 0.1) is 0 Å². The van der Waals surface area contributed by atoms with Crippen LogP contribution in [0.2, 0.25) is 0 Å². The Kier molecular flexibility index (Phi) is 55.4. The van der Waals surface area contributed by atoms with E-state index in [1.54, 1.807) is 0 Å². The van der Waals surface area contributed by atoms with Crippen molar-refractivity contribution in [3.8, 4) is 0 Å². The molecular formula is Cs2Se3. The molecule has 5 heavy (non-hydrogen) atoms. The Morgan fingerprint density at radius 1 is 1.00 bits per heavy atom. The monoisotopic (exact) mass is 506 g/mol. The predicted octanol–water partition coefficient (Wildman–Crippen LogP) is -7.13. The third kappa shape index (κ3) is 17.7. The molecule has 0 radical (unpaired) electrons. The fourth-order valence-electron chi connectivity index (χ4n) is 0. The van der Waals surface area contributed by atoms with E-state index < -0.39 is 0 Å². The molecule has 0 fully saturated rings. The van der Waals surface area contributed by atoms with E-state index >= 15 is 0 Å². The molecule has 0 aromatic heterocycles. The van der Waals surface area contributed by atoms with Crippen LogP contribution in [-0.4, -0.2) is 39.7 Å². The van der Waals surface area contributed by atoms with Crippen molar-refractivity contribution in [2.75, 3.05) is 0 Å². The first-order valence-electron chi connectivity index (χ1n) is 0.333. The topological polar surface area (TPSA) is 0 Å². The van der Waals surface area contributed by atoms with Crippen LogP contribution in [0.5, 0.6) is 0 Å². The Morgan fingerprint density at radius 3 is 1.00 bits per heavy atom. The van der Waals surface area contributed by atoms with Crippen LogP contribution in [0.15, 0.2) is 0 Å². The van der Waals surface area contributed by atoms with E-state index in [-0.39, 0.29) is 138 Å². The van der Waals surface area contributed by atoms with Gasteiger partial charge in [0.15, 0.2) is 0 Å². The van der Waals surface area contributed by atoms with Gasteiger partial charge in [-0.15, -0.1) is 0 Å². The molecule has 0 unspecified atom stereocenters. The molecule has 0 nitrogen and oxygen atoms in total. The van der Waals surface area contributed by atoms with E-state index in [2.05, 4.69) is 28.4 Å². The molecule has 0 amide bonds. The fraction of sp³-hybridized carbons (Fsp3) is 0. The zero-order chi connectivity index (χ0) is 2.71. The van der Waals surface area contributed by atoms with Gasteiger partial charge in [-0.05, 0) is 0 Å². The molecule has 0 aliphatic carbocycles. The van der Waals surface area contributed by atoms with Crippen LogP contribution in [0.3, 0.4) is 0 Å². The van der Waals surface area contributed by atoms with Crippen LogP contribution in [0.1, 0.15) is 0 Å². The van der Waals surface area contributed by atoms with Gasteiger partial charge in [0.05, 0.1) is 0 Å². The first kappa shape index (κ1) is 17.0. The Labute approximate surface area is 170 Å². The van der Waals surface area contributed by atoms with Gasteiger partial charge in [-0.3, -0.25) is 0 Å². The van der Waals surface area contributed by atoms with E-state index in [0.29, 0.717) is 11.3 Å². The summed E-state index contributed by atoms with van der Waals surface area (Å²) in [5.41, 5.74) is 0. The molecule has 0 aliphatic rings. The van der Waals surface area contributed by atoms with Gasteiger partial charge in [0.25, 0.3) is 0 Å². The summed E-state index contributed by atoms with van der Waals surface area (Å²) in [7, 11) is 0. The van der Waals surface area contributed by atoms with E-state index in [9.17, 15) is 0 Å². The molecule has 0 aliphatic heterocycles. The van der Waals surface area contributed by atoms with Crippen molar-refractivity contribution in [1.29, 1.82) is 0 Å². The van der Waals surface area contributed by atoms with Crippen molar-refractivity contribution in [1.82, 2.24) is 0 Å². The van der Waals surface area contributed by atoms with Gasteiger partial charge in [-0.1, -0.05) is 0 Å². The maximum absolute atomic E-state index is 2.81. The minimum atomic E-state index is 0. The number of hydrogen-bond acceptors (Lipinski definition) is 0. The zero-order valence-corrected chi connectivity index (χ0v) is 20.9. The average molecular weight is 503 g/mol. The van der Waals surface area contributed by atoms with E-state index in [1.807, 2.05) is 0 Å². The molecular weight excluding hydrogens is 503 g/mol. The summed E-state index contributed by atoms with van der Waals surface area (Å²) in [5, 5.41) is 0. The SMILES string of the molecule is [Cs+].[Cs+].[Se-][Se][Se-]. The van der Waals surface area contributed by atoms with Crippen LogP contribution < -0.4 is 138 Å². The fourth-order valence-corrected chi connectivity index (χ4v) is 0. The molecule has 0 spiro atoms. The molecule has 5 heteroatoms. The van der Waals surface area contributed by atoms with Gasteiger partial charge in [-0.2, -0.15) is 0 Å². The molecule has 0 saturated heterocycles. The van der Waals surface area contributed by atoms with Gasteiger partial charge in [0, 0.05) is 0 Å². The van der Waals surface area contributed by atoms with Gasteiger partial charge < -0.3 is 0 Å². The Bertz CT molecular complexity index is 4.85. The molecule has 0 rings (SSSR count). The van der Waals surface area contributed by atoms with Crippen molar-refractivity contribution < 1.29 is 138 Å². The second-order valence-corrected chi connectivity index (χ2v) is 9.55. The molecule has 0 aromatic rings. The van der Waals surface area contributed by atoms with Crippen molar-refractivity contribution in [3.63, 3.8) is 0 Å². The normalized spacial score (nSPS) is 3.60. The summed E-state index contributed by atoms with van der Waals surface area (Å²) in [6, 6.07) is 0. The standard InChI is InChI=1S/2Cs.H2Se3/c;;1-3-2/h;;1-2H/q2*+1;/p-2. The first-order valence-corrected chi connectivity index (χ1v) is 9.00. The summed E-state index contributed by atoms with van der Waals surface area (Å²) in [4.78, 5) is 0. The Balaban J connectivity index is -0.0000000200. The Morgan fingerprint density at radius 2 is 1.00 bits per heavy atom. The number of hydrogen-bond donors (Lipinski definition) is 0. The molecule has 0 aromatic carbocycles. The van der Waals surface area contributed by atoms with Crippen LogP contribution >= 0.6 is 0 Å².